The lowest BCUT2D eigenvalue weighted by molar-refractivity contribution is 0.0992. The number of nitrogens with zero attached hydrogens (tertiary/aromatic N) is 5. The number of ether oxygens (including phenoxy) is 1. The third-order valence-corrected chi connectivity index (χ3v) is 4.95. The zero-order valence-corrected chi connectivity index (χ0v) is 16.5. The van der Waals surface area contributed by atoms with Crippen LogP contribution in [0.1, 0.15) is 27.0 Å². The molecule has 4 heterocycles. The topological polar surface area (TPSA) is 73.1 Å². The first-order chi connectivity index (χ1) is 18.1. The summed E-state index contributed by atoms with van der Waals surface area (Å²) in [7, 11) is 1.89. The molecule has 7 nitrogen and oxygen atoms in total. The van der Waals surface area contributed by atoms with Crippen LogP contribution < -0.4 is 4.90 Å². The third-order valence-electron chi connectivity index (χ3n) is 4.95. The number of carbonyl (C=O) groups excluding carboxylic acids is 1. The van der Waals surface area contributed by atoms with Gasteiger partial charge in [0.15, 0.2) is 5.78 Å². The Morgan fingerprint density at radius 3 is 2.77 bits per heavy atom. The molecule has 1 fully saturated rings. The first kappa shape index (κ1) is 12.3. The van der Waals surface area contributed by atoms with Crippen molar-refractivity contribution >= 4 is 22.4 Å². The van der Waals surface area contributed by atoms with Crippen molar-refractivity contribution in [3.05, 3.63) is 72.6 Å². The number of imidazole rings is 1. The number of carbonyl (C=O) groups is 1. The first-order valence-electron chi connectivity index (χ1n) is 13.5. The Hall–Kier alpha value is -3.58. The molecular formula is C24H23N5O2. The molecule has 0 aliphatic carbocycles. The van der Waals surface area contributed by atoms with Crippen molar-refractivity contribution in [2.75, 3.05) is 31.0 Å². The highest BCUT2D eigenvalue weighted by Crippen LogP contribution is 2.24. The quantitative estimate of drug-likeness (QED) is 0.461. The van der Waals surface area contributed by atoms with Gasteiger partial charge in [-0.25, -0.2) is 9.97 Å². The molecule has 3 aromatic heterocycles. The summed E-state index contributed by atoms with van der Waals surface area (Å²) in [6.07, 6.45) is 6.15. The lowest BCUT2D eigenvalue weighted by Crippen LogP contribution is -2.36. The second-order valence-electron chi connectivity index (χ2n) is 7.00. The van der Waals surface area contributed by atoms with Crippen molar-refractivity contribution in [3.63, 3.8) is 0 Å². The van der Waals surface area contributed by atoms with E-state index < -0.39 is 37.7 Å². The molecule has 0 unspecified atom stereocenters. The van der Waals surface area contributed by atoms with E-state index in [-0.39, 0.29) is 16.9 Å². The third kappa shape index (κ3) is 4.04. The maximum atomic E-state index is 13.2. The molecule has 7 heteroatoms. The van der Waals surface area contributed by atoms with Crippen molar-refractivity contribution in [2.24, 2.45) is 7.05 Å². The minimum atomic E-state index is -3.23. The Morgan fingerprint density at radius 2 is 1.97 bits per heavy atom. The molecule has 0 radical (unpaired) electrons. The Morgan fingerprint density at radius 1 is 1.10 bits per heavy atom. The molecule has 4 aromatic rings. The van der Waals surface area contributed by atoms with Crippen LogP contribution in [-0.4, -0.2) is 51.4 Å². The maximum Gasteiger partial charge on any atom is 0.169 e. The molecule has 31 heavy (non-hydrogen) atoms. The zero-order valence-electron chi connectivity index (χ0n) is 24.5. The number of pyridine rings is 2. The molecule has 1 aromatic carbocycles. The fourth-order valence-corrected chi connectivity index (χ4v) is 3.36. The summed E-state index contributed by atoms with van der Waals surface area (Å²) in [6.45, 7) is -12.8. The molecule has 156 valence electrons. The van der Waals surface area contributed by atoms with Crippen molar-refractivity contribution in [1.82, 2.24) is 19.5 Å². The standard InChI is InChI=1S/C24H23N5O2/c1-28-16-25-15-22(28)17-2-3-19-14-27-21(11-20(19)10-17)13-23(30)18-4-5-26-24(12-18)29-6-8-31-9-7-29/h2-5,10-12,14-16H,6-9,13H2,1H3/i6D2,7D2,8D2,9D2. The largest absolute Gasteiger partial charge is 0.378 e. The van der Waals surface area contributed by atoms with Gasteiger partial charge in [0.2, 0.25) is 0 Å². The fraction of sp³-hybridized carbons (Fsp3) is 0.250. The van der Waals surface area contributed by atoms with Gasteiger partial charge in [0.1, 0.15) is 5.82 Å². The molecule has 0 N–H and O–H groups in total. The number of rotatable bonds is 5. The van der Waals surface area contributed by atoms with Crippen LogP contribution >= 0.6 is 0 Å². The number of benzene rings is 1. The maximum absolute atomic E-state index is 13.2. The van der Waals surface area contributed by atoms with E-state index in [1.165, 1.54) is 6.07 Å². The summed E-state index contributed by atoms with van der Waals surface area (Å²) >= 11 is 0. The molecule has 5 rings (SSSR count). The van der Waals surface area contributed by atoms with Gasteiger partial charge in [0.05, 0.1) is 48.7 Å². The van der Waals surface area contributed by atoms with E-state index in [0.717, 1.165) is 34.3 Å². The number of anilines is 1. The molecule has 1 aliphatic heterocycles. The summed E-state index contributed by atoms with van der Waals surface area (Å²) in [5.74, 6) is -0.882. The molecule has 0 amide bonds. The van der Waals surface area contributed by atoms with Crippen LogP contribution in [0.4, 0.5) is 5.82 Å². The van der Waals surface area contributed by atoms with Crippen molar-refractivity contribution in [1.29, 1.82) is 0 Å². The molecule has 0 atom stereocenters. The highest BCUT2D eigenvalue weighted by atomic mass is 16.5. The van der Waals surface area contributed by atoms with Gasteiger partial charge in [-0.05, 0) is 29.7 Å². The second-order valence-corrected chi connectivity index (χ2v) is 7.00. The summed E-state index contributed by atoms with van der Waals surface area (Å²) in [5.41, 5.74) is 2.38. The lowest BCUT2D eigenvalue weighted by atomic mass is 10.0. The zero-order chi connectivity index (χ0) is 28.4. The predicted molar refractivity (Wildman–Crippen MR) is 119 cm³/mol. The van der Waals surface area contributed by atoms with E-state index in [9.17, 15) is 4.79 Å². The van der Waals surface area contributed by atoms with Crippen molar-refractivity contribution in [2.45, 2.75) is 6.42 Å². The van der Waals surface area contributed by atoms with Gasteiger partial charge in [0.25, 0.3) is 0 Å². The number of aryl methyl sites for hydroxylation is 1. The van der Waals surface area contributed by atoms with E-state index in [4.69, 9.17) is 11.0 Å². The Balaban J connectivity index is 1.46. The molecule has 0 bridgehead atoms. The Kier molecular flexibility index (Phi) is 3.29. The molecular weight excluding hydrogens is 390 g/mol. The van der Waals surface area contributed by atoms with Crippen LogP contribution in [-0.2, 0) is 18.2 Å². The van der Waals surface area contributed by atoms with E-state index in [2.05, 4.69) is 19.7 Å². The van der Waals surface area contributed by atoms with Crippen LogP contribution in [0.25, 0.3) is 22.0 Å². The molecule has 1 aliphatic rings. The number of ketones is 1. The number of aromatic nitrogens is 4. The minimum absolute atomic E-state index is 0.0461. The van der Waals surface area contributed by atoms with E-state index in [0.29, 0.717) is 5.69 Å². The lowest BCUT2D eigenvalue weighted by Gasteiger charge is -2.27. The molecule has 0 spiro atoms. The van der Waals surface area contributed by atoms with Crippen molar-refractivity contribution in [3.8, 4) is 11.3 Å². The highest BCUT2D eigenvalue weighted by molar-refractivity contribution is 5.98. The van der Waals surface area contributed by atoms with Gasteiger partial charge in [0, 0.05) is 54.6 Å². The summed E-state index contributed by atoms with van der Waals surface area (Å²) in [4.78, 5) is 25.9. The van der Waals surface area contributed by atoms with Gasteiger partial charge >= 0.3 is 0 Å². The average molecular weight is 422 g/mol. The monoisotopic (exact) mass is 421 g/mol. The van der Waals surface area contributed by atoms with Crippen LogP contribution in [0.15, 0.2) is 61.3 Å². The normalized spacial score (nSPS) is 24.5. The fourth-order valence-electron chi connectivity index (χ4n) is 3.36. The van der Waals surface area contributed by atoms with Crippen LogP contribution in [0, 0.1) is 0 Å². The summed E-state index contributed by atoms with van der Waals surface area (Å²) in [6, 6.07) is 10.1. The number of Topliss-reactive ketones (excluding diaryl/α,β-unsaturated/α-hetero) is 1. The smallest absolute Gasteiger partial charge is 0.169 e. The summed E-state index contributed by atoms with van der Waals surface area (Å²) < 4.78 is 70.8. The van der Waals surface area contributed by atoms with Crippen molar-refractivity contribution < 1.29 is 20.5 Å². The number of hydrogen-bond donors (Lipinski definition) is 0. The van der Waals surface area contributed by atoms with Gasteiger partial charge in [-0.1, -0.05) is 12.1 Å². The Labute approximate surface area is 191 Å². The van der Waals surface area contributed by atoms with Gasteiger partial charge in [-0.3, -0.25) is 9.78 Å². The van der Waals surface area contributed by atoms with Gasteiger partial charge in [-0.15, -0.1) is 0 Å². The van der Waals surface area contributed by atoms with Gasteiger partial charge in [-0.2, -0.15) is 0 Å². The van der Waals surface area contributed by atoms with Crippen LogP contribution in [0.3, 0.4) is 0 Å². The molecule has 1 saturated heterocycles. The van der Waals surface area contributed by atoms with E-state index >= 15 is 0 Å². The van der Waals surface area contributed by atoms with Gasteiger partial charge < -0.3 is 14.2 Å². The summed E-state index contributed by atoms with van der Waals surface area (Å²) in [5, 5.41) is 1.74. The average Bonchev–Trinajstić information content (AvgIpc) is 3.28. The Bertz CT molecular complexity index is 1560. The number of fused-ring (bicyclic) bond motifs is 1. The number of hydrogen-bond acceptors (Lipinski definition) is 6. The SMILES string of the molecule is [2H]C1([2H])OC([2H])([2H])C([2H])([2H])N(c2cc(C(=O)Cc3cc4cc(-c5cncn5C)ccc4cn3)ccn2)C1([2H])[2H]. The predicted octanol–water partition coefficient (Wildman–Crippen LogP) is 3.29. The van der Waals surface area contributed by atoms with Crippen LogP contribution in [0.5, 0.6) is 0 Å². The second kappa shape index (κ2) is 8.28. The van der Waals surface area contributed by atoms with E-state index in [1.807, 2.05) is 29.8 Å². The van der Waals surface area contributed by atoms with Crippen LogP contribution in [0.2, 0.25) is 0 Å². The highest BCUT2D eigenvalue weighted by Gasteiger charge is 2.15. The van der Waals surface area contributed by atoms with E-state index in [1.54, 1.807) is 24.8 Å². The first-order valence-corrected chi connectivity index (χ1v) is 9.49. The number of morpholine rings is 1. The molecule has 0 saturated carbocycles. The minimum Gasteiger partial charge on any atom is -0.378 e.